The maximum absolute atomic E-state index is 6.01. The summed E-state index contributed by atoms with van der Waals surface area (Å²) < 4.78 is 0. The van der Waals surface area contributed by atoms with Crippen LogP contribution in [0.5, 0.6) is 0 Å². The number of nitrogens with two attached hydrogens (primary N) is 1. The number of nitrogens with zero attached hydrogens (tertiary/aromatic N) is 2. The van der Waals surface area contributed by atoms with E-state index in [0.29, 0.717) is 6.04 Å². The van der Waals surface area contributed by atoms with E-state index < -0.39 is 0 Å². The number of hydrogen-bond donors (Lipinski definition) is 1. The molecule has 1 aromatic carbocycles. The highest BCUT2D eigenvalue weighted by Crippen LogP contribution is 2.26. The van der Waals surface area contributed by atoms with Gasteiger partial charge in [0.2, 0.25) is 0 Å². The molecule has 3 heteroatoms. The van der Waals surface area contributed by atoms with Crippen LogP contribution in [0.4, 0.5) is 5.69 Å². The molecule has 0 spiro atoms. The Morgan fingerprint density at radius 2 is 1.78 bits per heavy atom. The van der Waals surface area contributed by atoms with Crippen LogP contribution in [0.1, 0.15) is 44.6 Å². The van der Waals surface area contributed by atoms with Crippen molar-refractivity contribution >= 4 is 5.69 Å². The molecule has 1 saturated carbocycles. The van der Waals surface area contributed by atoms with Crippen LogP contribution in [0.15, 0.2) is 24.3 Å². The minimum absolute atomic E-state index is 0.480. The molecule has 1 aliphatic heterocycles. The summed E-state index contributed by atoms with van der Waals surface area (Å²) in [7, 11) is 0. The Morgan fingerprint density at radius 1 is 1.04 bits per heavy atom. The van der Waals surface area contributed by atoms with Crippen molar-refractivity contribution in [2.75, 3.05) is 37.6 Å². The van der Waals surface area contributed by atoms with Crippen molar-refractivity contribution in [2.24, 2.45) is 11.7 Å². The Bertz CT molecular complexity index is 472. The number of aryl methyl sites for hydroxylation is 1. The minimum Gasteiger partial charge on any atom is -0.369 e. The molecule has 23 heavy (non-hydrogen) atoms. The average molecular weight is 316 g/mol. The summed E-state index contributed by atoms with van der Waals surface area (Å²) in [6.07, 6.45) is 7.69. The molecular weight excluding hydrogens is 282 g/mol. The predicted molar refractivity (Wildman–Crippen MR) is 99.0 cm³/mol. The molecule has 0 unspecified atom stereocenters. The van der Waals surface area contributed by atoms with Gasteiger partial charge in [-0.3, -0.25) is 4.90 Å². The lowest BCUT2D eigenvalue weighted by Gasteiger charge is -2.37. The third-order valence-electron chi connectivity index (χ3n) is 5.80. The van der Waals surface area contributed by atoms with Gasteiger partial charge in [0.15, 0.2) is 0 Å². The van der Waals surface area contributed by atoms with E-state index in [1.165, 1.54) is 76.1 Å². The molecule has 0 radical (unpaired) electrons. The summed E-state index contributed by atoms with van der Waals surface area (Å²) in [5.41, 5.74) is 8.86. The molecular formula is C20H33N3. The van der Waals surface area contributed by atoms with E-state index >= 15 is 0 Å². The van der Waals surface area contributed by atoms with Crippen molar-refractivity contribution in [3.8, 4) is 0 Å². The largest absolute Gasteiger partial charge is 0.369 e. The first-order chi connectivity index (χ1) is 11.2. The van der Waals surface area contributed by atoms with Gasteiger partial charge in [0.05, 0.1) is 0 Å². The van der Waals surface area contributed by atoms with E-state index in [1.54, 1.807) is 0 Å². The topological polar surface area (TPSA) is 32.5 Å². The van der Waals surface area contributed by atoms with Gasteiger partial charge in [-0.05, 0) is 68.7 Å². The third kappa shape index (κ3) is 4.71. The monoisotopic (exact) mass is 315 g/mol. The number of benzene rings is 1. The van der Waals surface area contributed by atoms with E-state index in [0.717, 1.165) is 12.3 Å². The molecule has 2 fully saturated rings. The fourth-order valence-electron chi connectivity index (χ4n) is 4.04. The highest BCUT2D eigenvalue weighted by atomic mass is 15.3. The fourth-order valence-corrected chi connectivity index (χ4v) is 4.04. The van der Waals surface area contributed by atoms with Gasteiger partial charge in [-0.15, -0.1) is 0 Å². The second-order valence-electron chi connectivity index (χ2n) is 7.42. The third-order valence-corrected chi connectivity index (χ3v) is 5.80. The van der Waals surface area contributed by atoms with Crippen LogP contribution < -0.4 is 10.6 Å². The van der Waals surface area contributed by atoms with Gasteiger partial charge in [0.25, 0.3) is 0 Å². The normalized spacial score (nSPS) is 26.4. The van der Waals surface area contributed by atoms with Crippen molar-refractivity contribution in [1.29, 1.82) is 0 Å². The molecule has 0 bridgehead atoms. The van der Waals surface area contributed by atoms with Gasteiger partial charge in [0.1, 0.15) is 0 Å². The molecule has 128 valence electrons. The molecule has 2 N–H and O–H groups in total. The Morgan fingerprint density at radius 3 is 2.48 bits per heavy atom. The SMILES string of the molecule is CCc1cccc(N2CCN(CCC3CCC(N)CC3)CC2)c1. The average Bonchev–Trinajstić information content (AvgIpc) is 2.62. The van der Waals surface area contributed by atoms with Crippen molar-refractivity contribution < 1.29 is 0 Å². The summed E-state index contributed by atoms with van der Waals surface area (Å²) in [6.45, 7) is 8.27. The second-order valence-corrected chi connectivity index (χ2v) is 7.42. The van der Waals surface area contributed by atoms with E-state index in [-0.39, 0.29) is 0 Å². The lowest BCUT2D eigenvalue weighted by Crippen LogP contribution is -2.47. The highest BCUT2D eigenvalue weighted by Gasteiger charge is 2.21. The Labute approximate surface area is 141 Å². The molecule has 2 aliphatic rings. The highest BCUT2D eigenvalue weighted by molar-refractivity contribution is 5.49. The molecule has 0 amide bonds. The molecule has 1 saturated heterocycles. The smallest absolute Gasteiger partial charge is 0.0369 e. The first kappa shape index (κ1) is 16.8. The molecule has 1 heterocycles. The quantitative estimate of drug-likeness (QED) is 0.905. The van der Waals surface area contributed by atoms with Crippen LogP contribution in [0.25, 0.3) is 0 Å². The molecule has 1 aromatic rings. The molecule has 3 nitrogen and oxygen atoms in total. The van der Waals surface area contributed by atoms with E-state index in [2.05, 4.69) is 41.0 Å². The zero-order valence-electron chi connectivity index (χ0n) is 14.7. The first-order valence-electron chi connectivity index (χ1n) is 9.56. The van der Waals surface area contributed by atoms with Crippen LogP contribution >= 0.6 is 0 Å². The number of hydrogen-bond acceptors (Lipinski definition) is 3. The van der Waals surface area contributed by atoms with Crippen LogP contribution in [-0.4, -0.2) is 43.7 Å². The molecule has 0 aromatic heterocycles. The Hall–Kier alpha value is -1.06. The van der Waals surface area contributed by atoms with Gasteiger partial charge in [0, 0.05) is 37.9 Å². The first-order valence-corrected chi connectivity index (χ1v) is 9.56. The summed E-state index contributed by atoms with van der Waals surface area (Å²) in [4.78, 5) is 5.21. The summed E-state index contributed by atoms with van der Waals surface area (Å²) >= 11 is 0. The Balaban J connectivity index is 1.41. The van der Waals surface area contributed by atoms with Crippen molar-refractivity contribution in [2.45, 2.75) is 51.5 Å². The number of anilines is 1. The molecule has 0 atom stereocenters. The zero-order chi connectivity index (χ0) is 16.1. The van der Waals surface area contributed by atoms with E-state index in [1.807, 2.05) is 0 Å². The van der Waals surface area contributed by atoms with E-state index in [4.69, 9.17) is 5.73 Å². The predicted octanol–water partition coefficient (Wildman–Crippen LogP) is 3.28. The molecule has 1 aliphatic carbocycles. The van der Waals surface area contributed by atoms with Gasteiger partial charge in [-0.2, -0.15) is 0 Å². The second kappa shape index (κ2) is 8.16. The standard InChI is InChI=1S/C20H33N3/c1-2-17-4-3-5-20(16-17)23-14-12-22(13-15-23)11-10-18-6-8-19(21)9-7-18/h3-5,16,18-19H,2,6-15,21H2,1H3. The van der Waals surface area contributed by atoms with Crippen LogP contribution in [0, 0.1) is 5.92 Å². The molecule has 3 rings (SSSR count). The van der Waals surface area contributed by atoms with E-state index in [9.17, 15) is 0 Å². The van der Waals surface area contributed by atoms with Crippen molar-refractivity contribution in [3.63, 3.8) is 0 Å². The van der Waals surface area contributed by atoms with Crippen LogP contribution in [-0.2, 0) is 6.42 Å². The summed E-state index contributed by atoms with van der Waals surface area (Å²) in [5, 5.41) is 0. The Kier molecular flexibility index (Phi) is 5.96. The van der Waals surface area contributed by atoms with Gasteiger partial charge in [-0.1, -0.05) is 19.1 Å². The van der Waals surface area contributed by atoms with Crippen LogP contribution in [0.3, 0.4) is 0 Å². The number of rotatable bonds is 5. The lowest BCUT2D eigenvalue weighted by atomic mass is 9.84. The maximum Gasteiger partial charge on any atom is 0.0369 e. The van der Waals surface area contributed by atoms with Gasteiger partial charge in [-0.25, -0.2) is 0 Å². The lowest BCUT2D eigenvalue weighted by molar-refractivity contribution is 0.217. The maximum atomic E-state index is 6.01. The summed E-state index contributed by atoms with van der Waals surface area (Å²) in [5.74, 6) is 0.925. The van der Waals surface area contributed by atoms with Crippen molar-refractivity contribution in [1.82, 2.24) is 4.90 Å². The summed E-state index contributed by atoms with van der Waals surface area (Å²) in [6, 6.07) is 9.54. The zero-order valence-corrected chi connectivity index (χ0v) is 14.7. The van der Waals surface area contributed by atoms with Crippen LogP contribution in [0.2, 0.25) is 0 Å². The van der Waals surface area contributed by atoms with Gasteiger partial charge < -0.3 is 10.6 Å². The van der Waals surface area contributed by atoms with Crippen molar-refractivity contribution in [3.05, 3.63) is 29.8 Å². The fraction of sp³-hybridized carbons (Fsp3) is 0.700. The van der Waals surface area contributed by atoms with Gasteiger partial charge >= 0.3 is 0 Å². The number of piperazine rings is 1. The minimum atomic E-state index is 0.480.